The molecule has 5 aromatic carbocycles. The molecule has 7 heteroatoms. The smallest absolute Gasteiger partial charge is 0.248 e. The molecule has 0 atom stereocenters. The Morgan fingerprint density at radius 1 is 0.381 bits per heavy atom. The molecule has 2 aromatic heterocycles. The van der Waals surface area contributed by atoms with Crippen molar-refractivity contribution in [2.75, 3.05) is 0 Å². The van der Waals surface area contributed by atoms with Crippen LogP contribution in [-0.2, 0) is 0 Å². The van der Waals surface area contributed by atoms with Crippen LogP contribution in [0.15, 0.2) is 136 Å². The summed E-state index contributed by atoms with van der Waals surface area (Å²) in [6, 6.07) is 41.3. The molecule has 0 unspecified atom stereocenters. The largest absolute Gasteiger partial charge is 0.457 e. The van der Waals surface area contributed by atoms with E-state index in [-0.39, 0.29) is 0 Å². The number of hydrogen-bond donors (Lipinski definition) is 0. The van der Waals surface area contributed by atoms with Gasteiger partial charge in [0.15, 0.2) is 0 Å². The van der Waals surface area contributed by atoms with Gasteiger partial charge in [0.05, 0.1) is 0 Å². The minimum atomic E-state index is 0.442. The summed E-state index contributed by atoms with van der Waals surface area (Å²) >= 11 is 0. The van der Waals surface area contributed by atoms with E-state index in [0.29, 0.717) is 35.1 Å². The van der Waals surface area contributed by atoms with Crippen molar-refractivity contribution in [3.8, 4) is 68.4 Å². The van der Waals surface area contributed by atoms with Crippen molar-refractivity contribution in [1.29, 1.82) is 0 Å². The number of nitrogens with zero attached hydrogens (tertiary/aromatic N) is 4. The minimum absolute atomic E-state index is 0.442. The lowest BCUT2D eigenvalue weighted by Crippen LogP contribution is -1.85. The summed E-state index contributed by atoms with van der Waals surface area (Å²) in [4.78, 5) is 0. The van der Waals surface area contributed by atoms with Gasteiger partial charge in [0, 0.05) is 22.3 Å². The third kappa shape index (κ3) is 5.31. The van der Waals surface area contributed by atoms with Gasteiger partial charge in [-0.2, -0.15) is 0 Å². The summed E-state index contributed by atoms with van der Waals surface area (Å²) in [5.41, 5.74) is 6.83. The molecule has 0 amide bonds. The van der Waals surface area contributed by atoms with Crippen LogP contribution in [0.2, 0.25) is 0 Å². The standard InChI is InChI=1S/C35H24N4O3/c1-23-7-9-26(10-8-23)32-36-38-34(41-32)28-15-19-30(20-16-28)40-31-21-17-29(18-22-31)35-39-37-33(42-35)27-13-11-25(12-14-27)24-5-3-2-4-6-24/h2-22H,1H3. The fourth-order valence-electron chi connectivity index (χ4n) is 4.51. The van der Waals surface area contributed by atoms with Gasteiger partial charge < -0.3 is 13.6 Å². The molecule has 7 nitrogen and oxygen atoms in total. The van der Waals surface area contributed by atoms with Crippen LogP contribution >= 0.6 is 0 Å². The highest BCUT2D eigenvalue weighted by atomic mass is 16.5. The normalized spacial score (nSPS) is 11.0. The second kappa shape index (κ2) is 11.0. The van der Waals surface area contributed by atoms with Crippen molar-refractivity contribution in [3.63, 3.8) is 0 Å². The van der Waals surface area contributed by atoms with E-state index in [1.54, 1.807) is 0 Å². The van der Waals surface area contributed by atoms with E-state index >= 15 is 0 Å². The number of hydrogen-bond acceptors (Lipinski definition) is 7. The van der Waals surface area contributed by atoms with Crippen molar-refractivity contribution in [1.82, 2.24) is 20.4 Å². The van der Waals surface area contributed by atoms with Gasteiger partial charge in [0.2, 0.25) is 23.6 Å². The van der Waals surface area contributed by atoms with Gasteiger partial charge in [-0.3, -0.25) is 0 Å². The molecule has 0 saturated carbocycles. The molecule has 0 aliphatic carbocycles. The zero-order chi connectivity index (χ0) is 28.3. The summed E-state index contributed by atoms with van der Waals surface area (Å²) in [6.45, 7) is 2.04. The third-order valence-electron chi connectivity index (χ3n) is 6.83. The van der Waals surface area contributed by atoms with E-state index in [1.807, 2.05) is 110 Å². The number of ether oxygens (including phenoxy) is 1. The Bertz CT molecular complexity index is 1930. The number of aromatic nitrogens is 4. The Hall–Kier alpha value is -5.82. The molecule has 0 bridgehead atoms. The Morgan fingerprint density at radius 3 is 1.14 bits per heavy atom. The lowest BCUT2D eigenvalue weighted by Gasteiger charge is -2.06. The quantitative estimate of drug-likeness (QED) is 0.197. The molecular weight excluding hydrogens is 524 g/mol. The third-order valence-corrected chi connectivity index (χ3v) is 6.83. The van der Waals surface area contributed by atoms with E-state index in [4.69, 9.17) is 13.6 Å². The maximum atomic E-state index is 6.03. The molecule has 0 radical (unpaired) electrons. The van der Waals surface area contributed by atoms with E-state index in [1.165, 1.54) is 5.56 Å². The van der Waals surface area contributed by atoms with Crippen LogP contribution in [0.3, 0.4) is 0 Å². The van der Waals surface area contributed by atoms with Crippen molar-refractivity contribution in [3.05, 3.63) is 133 Å². The van der Waals surface area contributed by atoms with Gasteiger partial charge in [0.1, 0.15) is 11.5 Å². The Morgan fingerprint density at radius 2 is 0.714 bits per heavy atom. The number of rotatable bonds is 7. The van der Waals surface area contributed by atoms with E-state index in [2.05, 4.69) is 44.7 Å². The first kappa shape index (κ1) is 25.2. The van der Waals surface area contributed by atoms with E-state index in [0.717, 1.165) is 33.4 Å². The van der Waals surface area contributed by atoms with Crippen LogP contribution in [0.1, 0.15) is 5.56 Å². The molecule has 0 aliphatic heterocycles. The summed E-state index contributed by atoms with van der Waals surface area (Å²) in [5.74, 6) is 3.22. The van der Waals surface area contributed by atoms with Gasteiger partial charge in [0.25, 0.3) is 0 Å². The molecule has 202 valence electrons. The average Bonchev–Trinajstić information content (AvgIpc) is 3.74. The second-order valence-electron chi connectivity index (χ2n) is 9.78. The summed E-state index contributed by atoms with van der Waals surface area (Å²) in [5, 5.41) is 16.9. The molecule has 0 fully saturated rings. The van der Waals surface area contributed by atoms with Gasteiger partial charge in [-0.15, -0.1) is 20.4 Å². The topological polar surface area (TPSA) is 87.1 Å². The van der Waals surface area contributed by atoms with Crippen molar-refractivity contribution >= 4 is 0 Å². The first-order valence-corrected chi connectivity index (χ1v) is 13.5. The van der Waals surface area contributed by atoms with Crippen molar-refractivity contribution in [2.45, 2.75) is 6.92 Å². The predicted molar refractivity (Wildman–Crippen MR) is 161 cm³/mol. The van der Waals surface area contributed by atoms with Crippen LogP contribution in [0.5, 0.6) is 11.5 Å². The average molecular weight is 549 g/mol. The predicted octanol–water partition coefficient (Wildman–Crippen LogP) is 8.89. The summed E-state index contributed by atoms with van der Waals surface area (Å²) in [6.07, 6.45) is 0. The molecule has 2 heterocycles. The maximum Gasteiger partial charge on any atom is 0.248 e. The molecule has 7 rings (SSSR count). The van der Waals surface area contributed by atoms with E-state index in [9.17, 15) is 0 Å². The van der Waals surface area contributed by atoms with Crippen LogP contribution in [0, 0.1) is 6.92 Å². The zero-order valence-corrected chi connectivity index (χ0v) is 22.6. The van der Waals surface area contributed by atoms with Gasteiger partial charge in [-0.1, -0.05) is 60.2 Å². The molecule has 7 aromatic rings. The minimum Gasteiger partial charge on any atom is -0.457 e. The highest BCUT2D eigenvalue weighted by Crippen LogP contribution is 2.30. The Labute approximate surface area is 242 Å². The molecular formula is C35H24N4O3. The molecule has 0 saturated heterocycles. The van der Waals surface area contributed by atoms with Crippen LogP contribution in [0.25, 0.3) is 56.9 Å². The van der Waals surface area contributed by atoms with Crippen LogP contribution in [-0.4, -0.2) is 20.4 Å². The molecule has 0 aliphatic rings. The van der Waals surface area contributed by atoms with Gasteiger partial charge in [-0.05, 0) is 90.8 Å². The zero-order valence-electron chi connectivity index (χ0n) is 22.6. The van der Waals surface area contributed by atoms with Crippen molar-refractivity contribution in [2.24, 2.45) is 0 Å². The van der Waals surface area contributed by atoms with Gasteiger partial charge in [-0.25, -0.2) is 0 Å². The second-order valence-corrected chi connectivity index (χ2v) is 9.78. The summed E-state index contributed by atoms with van der Waals surface area (Å²) < 4.78 is 17.9. The first-order chi connectivity index (χ1) is 20.7. The lowest BCUT2D eigenvalue weighted by molar-refractivity contribution is 0.482. The Kier molecular flexibility index (Phi) is 6.58. The van der Waals surface area contributed by atoms with Crippen LogP contribution < -0.4 is 4.74 Å². The SMILES string of the molecule is Cc1ccc(-c2nnc(-c3ccc(Oc4ccc(-c5nnc(-c6ccc(-c7ccccc7)cc6)o5)cc4)cc3)o2)cc1. The molecule has 0 spiro atoms. The van der Waals surface area contributed by atoms with E-state index < -0.39 is 0 Å². The van der Waals surface area contributed by atoms with Crippen molar-refractivity contribution < 1.29 is 13.6 Å². The molecule has 0 N–H and O–H groups in total. The first-order valence-electron chi connectivity index (χ1n) is 13.5. The number of benzene rings is 5. The highest BCUT2D eigenvalue weighted by Gasteiger charge is 2.13. The fourth-order valence-corrected chi connectivity index (χ4v) is 4.51. The summed E-state index contributed by atoms with van der Waals surface area (Å²) in [7, 11) is 0. The fraction of sp³-hybridized carbons (Fsp3) is 0.0286. The monoisotopic (exact) mass is 548 g/mol. The lowest BCUT2D eigenvalue weighted by atomic mass is 10.0. The maximum absolute atomic E-state index is 6.03. The van der Waals surface area contributed by atoms with Gasteiger partial charge >= 0.3 is 0 Å². The highest BCUT2D eigenvalue weighted by molar-refractivity contribution is 5.67. The molecule has 42 heavy (non-hydrogen) atoms. The number of aryl methyl sites for hydroxylation is 1. The Balaban J connectivity index is 1.00. The van der Waals surface area contributed by atoms with Crippen LogP contribution in [0.4, 0.5) is 0 Å².